The van der Waals surface area contributed by atoms with Crippen LogP contribution in [-0.2, 0) is 6.42 Å². The Kier molecular flexibility index (Phi) is 5.38. The Morgan fingerprint density at radius 3 is 3.00 bits per heavy atom. The summed E-state index contributed by atoms with van der Waals surface area (Å²) in [7, 11) is 0. The van der Waals surface area contributed by atoms with Crippen LogP contribution in [0.1, 0.15) is 23.0 Å². The molecule has 1 aromatic heterocycles. The highest BCUT2D eigenvalue weighted by Gasteiger charge is 2.11. The predicted molar refractivity (Wildman–Crippen MR) is 83.8 cm³/mol. The SMILES string of the molecule is CCNc1ccc(Cl)cc1C(=O)NCCc1cscn1. The largest absolute Gasteiger partial charge is 0.385 e. The number of anilines is 1. The van der Waals surface area contributed by atoms with E-state index in [1.54, 1.807) is 29.0 Å². The van der Waals surface area contributed by atoms with Gasteiger partial charge in [-0.25, -0.2) is 4.98 Å². The van der Waals surface area contributed by atoms with E-state index in [0.29, 0.717) is 17.1 Å². The molecule has 106 valence electrons. The zero-order valence-corrected chi connectivity index (χ0v) is 12.7. The number of benzene rings is 1. The van der Waals surface area contributed by atoms with Crippen molar-refractivity contribution < 1.29 is 4.79 Å². The molecule has 4 nitrogen and oxygen atoms in total. The molecule has 0 spiro atoms. The van der Waals surface area contributed by atoms with Gasteiger partial charge >= 0.3 is 0 Å². The third-order valence-electron chi connectivity index (χ3n) is 2.74. The van der Waals surface area contributed by atoms with Gasteiger partial charge in [0.15, 0.2) is 0 Å². The van der Waals surface area contributed by atoms with Crippen LogP contribution in [0.25, 0.3) is 0 Å². The van der Waals surface area contributed by atoms with E-state index in [2.05, 4.69) is 15.6 Å². The average Bonchev–Trinajstić information content (AvgIpc) is 2.94. The van der Waals surface area contributed by atoms with Crippen molar-refractivity contribution in [2.75, 3.05) is 18.4 Å². The lowest BCUT2D eigenvalue weighted by Crippen LogP contribution is -2.26. The number of hydrogen-bond donors (Lipinski definition) is 2. The quantitative estimate of drug-likeness (QED) is 0.861. The number of carbonyl (C=O) groups is 1. The fourth-order valence-corrected chi connectivity index (χ4v) is 2.57. The molecule has 0 aliphatic heterocycles. The monoisotopic (exact) mass is 309 g/mol. The average molecular weight is 310 g/mol. The molecule has 6 heteroatoms. The van der Waals surface area contributed by atoms with Crippen molar-refractivity contribution in [3.63, 3.8) is 0 Å². The van der Waals surface area contributed by atoms with Crippen molar-refractivity contribution in [1.29, 1.82) is 0 Å². The molecule has 1 heterocycles. The summed E-state index contributed by atoms with van der Waals surface area (Å²) in [6, 6.07) is 5.27. The summed E-state index contributed by atoms with van der Waals surface area (Å²) in [6.07, 6.45) is 0.729. The zero-order chi connectivity index (χ0) is 14.4. The third kappa shape index (κ3) is 3.95. The number of nitrogens with one attached hydrogen (secondary N) is 2. The Labute approximate surface area is 127 Å². The minimum Gasteiger partial charge on any atom is -0.385 e. The summed E-state index contributed by atoms with van der Waals surface area (Å²) in [5, 5.41) is 8.58. The van der Waals surface area contributed by atoms with E-state index in [9.17, 15) is 4.79 Å². The van der Waals surface area contributed by atoms with E-state index >= 15 is 0 Å². The lowest BCUT2D eigenvalue weighted by Gasteiger charge is -2.11. The van der Waals surface area contributed by atoms with Crippen LogP contribution < -0.4 is 10.6 Å². The minimum atomic E-state index is -0.126. The standard InChI is InChI=1S/C14H16ClN3OS/c1-2-16-13-4-3-10(15)7-12(13)14(19)17-6-5-11-8-20-9-18-11/h3-4,7-9,16H,2,5-6H2,1H3,(H,17,19). The van der Waals surface area contributed by atoms with E-state index in [-0.39, 0.29) is 5.91 Å². The molecule has 0 saturated heterocycles. The third-order valence-corrected chi connectivity index (χ3v) is 3.61. The number of thiazole rings is 1. The summed E-state index contributed by atoms with van der Waals surface area (Å²) in [5.74, 6) is -0.126. The molecule has 2 rings (SSSR count). The first-order valence-corrected chi connectivity index (χ1v) is 7.71. The number of aromatic nitrogens is 1. The normalized spacial score (nSPS) is 10.3. The molecule has 1 aromatic carbocycles. The van der Waals surface area contributed by atoms with Crippen LogP contribution in [0.4, 0.5) is 5.69 Å². The van der Waals surface area contributed by atoms with Gasteiger partial charge in [-0.3, -0.25) is 4.79 Å². The molecule has 0 unspecified atom stereocenters. The van der Waals surface area contributed by atoms with Crippen molar-refractivity contribution in [2.24, 2.45) is 0 Å². The Morgan fingerprint density at radius 1 is 1.45 bits per heavy atom. The molecular formula is C14H16ClN3OS. The first-order chi connectivity index (χ1) is 9.70. The molecule has 0 bridgehead atoms. The van der Waals surface area contributed by atoms with Gasteiger partial charge in [-0.15, -0.1) is 11.3 Å². The number of carbonyl (C=O) groups excluding carboxylic acids is 1. The van der Waals surface area contributed by atoms with Gasteiger partial charge in [-0.2, -0.15) is 0 Å². The molecule has 0 radical (unpaired) electrons. The van der Waals surface area contributed by atoms with Crippen LogP contribution in [0.2, 0.25) is 5.02 Å². The highest BCUT2D eigenvalue weighted by atomic mass is 35.5. The fraction of sp³-hybridized carbons (Fsp3) is 0.286. The smallest absolute Gasteiger partial charge is 0.253 e. The zero-order valence-electron chi connectivity index (χ0n) is 11.1. The van der Waals surface area contributed by atoms with Crippen molar-refractivity contribution >= 4 is 34.5 Å². The maximum absolute atomic E-state index is 12.2. The van der Waals surface area contributed by atoms with Crippen LogP contribution in [0.15, 0.2) is 29.1 Å². The first kappa shape index (κ1) is 14.8. The lowest BCUT2D eigenvalue weighted by molar-refractivity contribution is 0.0955. The molecule has 0 saturated carbocycles. The number of amides is 1. The van der Waals surface area contributed by atoms with Gasteiger partial charge < -0.3 is 10.6 Å². The Morgan fingerprint density at radius 2 is 2.30 bits per heavy atom. The summed E-state index contributed by atoms with van der Waals surface area (Å²) in [6.45, 7) is 3.29. The second kappa shape index (κ2) is 7.26. The van der Waals surface area contributed by atoms with Crippen molar-refractivity contribution in [3.8, 4) is 0 Å². The highest BCUT2D eigenvalue weighted by molar-refractivity contribution is 7.07. The van der Waals surface area contributed by atoms with E-state index in [1.165, 1.54) is 0 Å². The van der Waals surface area contributed by atoms with E-state index < -0.39 is 0 Å². The van der Waals surface area contributed by atoms with Crippen molar-refractivity contribution in [3.05, 3.63) is 45.4 Å². The Balaban J connectivity index is 1.99. The summed E-state index contributed by atoms with van der Waals surface area (Å²) < 4.78 is 0. The van der Waals surface area contributed by atoms with Gasteiger partial charge in [0.1, 0.15) is 0 Å². The molecule has 0 aliphatic carbocycles. The van der Waals surface area contributed by atoms with E-state index in [0.717, 1.165) is 24.3 Å². The van der Waals surface area contributed by atoms with Gasteiger partial charge in [0, 0.05) is 35.6 Å². The van der Waals surface area contributed by atoms with Gasteiger partial charge in [0.2, 0.25) is 0 Å². The Bertz CT molecular complexity index is 572. The number of hydrogen-bond acceptors (Lipinski definition) is 4. The minimum absolute atomic E-state index is 0.126. The van der Waals surface area contributed by atoms with Crippen LogP contribution in [0.3, 0.4) is 0 Å². The second-order valence-electron chi connectivity index (χ2n) is 4.21. The van der Waals surface area contributed by atoms with E-state index in [1.807, 2.05) is 18.4 Å². The molecule has 2 aromatic rings. The summed E-state index contributed by atoms with van der Waals surface area (Å²) in [4.78, 5) is 16.4. The molecule has 0 aliphatic rings. The van der Waals surface area contributed by atoms with Gasteiger partial charge in [-0.05, 0) is 25.1 Å². The van der Waals surface area contributed by atoms with E-state index in [4.69, 9.17) is 11.6 Å². The number of rotatable bonds is 6. The summed E-state index contributed by atoms with van der Waals surface area (Å²) in [5.41, 5.74) is 4.14. The number of nitrogens with zero attached hydrogens (tertiary/aromatic N) is 1. The maximum atomic E-state index is 12.2. The topological polar surface area (TPSA) is 54.0 Å². The molecular weight excluding hydrogens is 294 g/mol. The van der Waals surface area contributed by atoms with Crippen molar-refractivity contribution in [1.82, 2.24) is 10.3 Å². The van der Waals surface area contributed by atoms with Gasteiger partial charge in [0.05, 0.1) is 16.8 Å². The molecule has 1 amide bonds. The maximum Gasteiger partial charge on any atom is 0.253 e. The van der Waals surface area contributed by atoms with Crippen molar-refractivity contribution in [2.45, 2.75) is 13.3 Å². The molecule has 0 atom stereocenters. The first-order valence-electron chi connectivity index (χ1n) is 6.39. The predicted octanol–water partition coefficient (Wildman–Crippen LogP) is 3.20. The van der Waals surface area contributed by atoms with Crippen LogP contribution in [-0.4, -0.2) is 24.0 Å². The second-order valence-corrected chi connectivity index (χ2v) is 5.36. The molecule has 20 heavy (non-hydrogen) atoms. The van der Waals surface area contributed by atoms with Gasteiger partial charge in [0.25, 0.3) is 5.91 Å². The van der Waals surface area contributed by atoms with Crippen LogP contribution >= 0.6 is 22.9 Å². The van der Waals surface area contributed by atoms with Gasteiger partial charge in [-0.1, -0.05) is 11.6 Å². The highest BCUT2D eigenvalue weighted by Crippen LogP contribution is 2.20. The molecule has 2 N–H and O–H groups in total. The summed E-state index contributed by atoms with van der Waals surface area (Å²) >= 11 is 7.51. The lowest BCUT2D eigenvalue weighted by atomic mass is 10.1. The molecule has 0 fully saturated rings. The fourth-order valence-electron chi connectivity index (χ4n) is 1.81. The Hall–Kier alpha value is -1.59. The number of halogens is 1. The van der Waals surface area contributed by atoms with Crippen LogP contribution in [0.5, 0.6) is 0 Å². The van der Waals surface area contributed by atoms with Crippen LogP contribution in [0, 0.1) is 0 Å².